The number of benzene rings is 1. The van der Waals surface area contributed by atoms with Gasteiger partial charge in [-0.3, -0.25) is 0 Å². The summed E-state index contributed by atoms with van der Waals surface area (Å²) in [5.41, 5.74) is 2.33. The Balaban J connectivity index is 1.29. The molecular weight excluding hydrogens is 448 g/mol. The van der Waals surface area contributed by atoms with Gasteiger partial charge in [0.15, 0.2) is 10.9 Å². The average molecular weight is 469 g/mol. The van der Waals surface area contributed by atoms with Crippen LogP contribution in [0.2, 0.25) is 5.02 Å². The summed E-state index contributed by atoms with van der Waals surface area (Å²) in [5, 5.41) is 14.5. The summed E-state index contributed by atoms with van der Waals surface area (Å²) < 4.78 is 6.09. The van der Waals surface area contributed by atoms with Crippen LogP contribution in [0.1, 0.15) is 23.3 Å². The summed E-state index contributed by atoms with van der Waals surface area (Å²) in [5.74, 6) is 1.30. The van der Waals surface area contributed by atoms with Crippen molar-refractivity contribution in [2.75, 3.05) is 25.5 Å². The molecule has 5 rings (SSSR count). The number of ether oxygens (including phenoxy) is 1. The minimum atomic E-state index is -0.0676. The Morgan fingerprint density at radius 1 is 1.31 bits per heavy atom. The van der Waals surface area contributed by atoms with E-state index < -0.39 is 0 Å². The smallest absolute Gasteiger partial charge is 0.231 e. The van der Waals surface area contributed by atoms with Gasteiger partial charge in [-0.1, -0.05) is 22.9 Å². The van der Waals surface area contributed by atoms with Crippen molar-refractivity contribution in [3.63, 3.8) is 0 Å². The van der Waals surface area contributed by atoms with Crippen LogP contribution in [0.5, 0.6) is 11.6 Å². The van der Waals surface area contributed by atoms with Crippen molar-refractivity contribution >= 4 is 57.4 Å². The van der Waals surface area contributed by atoms with Crippen LogP contribution in [0, 0.1) is 0 Å². The van der Waals surface area contributed by atoms with Gasteiger partial charge in [0.05, 0.1) is 15.6 Å². The van der Waals surface area contributed by atoms with Crippen molar-refractivity contribution in [2.24, 2.45) is 4.99 Å². The zero-order valence-electron chi connectivity index (χ0n) is 17.3. The summed E-state index contributed by atoms with van der Waals surface area (Å²) in [4.78, 5) is 19.5. The molecule has 0 spiro atoms. The molecule has 0 amide bonds. The van der Waals surface area contributed by atoms with Crippen molar-refractivity contribution in [1.29, 1.82) is 0 Å². The Hall–Kier alpha value is -3.01. The highest BCUT2D eigenvalue weighted by Gasteiger charge is 2.19. The Morgan fingerprint density at radius 2 is 2.16 bits per heavy atom. The van der Waals surface area contributed by atoms with Gasteiger partial charge in [0.2, 0.25) is 5.88 Å². The number of aromatic nitrogens is 3. The number of thiazole rings is 1. The van der Waals surface area contributed by atoms with E-state index in [0.29, 0.717) is 26.5 Å². The molecular formula is C22H21ClN6O2S. The average Bonchev–Trinajstić information content (AvgIpc) is 3.35. The van der Waals surface area contributed by atoms with E-state index in [4.69, 9.17) is 16.3 Å². The van der Waals surface area contributed by atoms with Gasteiger partial charge < -0.3 is 20.1 Å². The van der Waals surface area contributed by atoms with E-state index in [1.807, 2.05) is 24.3 Å². The molecule has 0 atom stereocenters. The monoisotopic (exact) mass is 468 g/mol. The molecule has 0 radical (unpaired) electrons. The Morgan fingerprint density at radius 3 is 2.97 bits per heavy atom. The quantitative estimate of drug-likeness (QED) is 0.557. The zero-order chi connectivity index (χ0) is 22.1. The van der Waals surface area contributed by atoms with Crippen LogP contribution in [-0.2, 0) is 0 Å². The molecule has 2 aliphatic rings. The van der Waals surface area contributed by atoms with E-state index in [-0.39, 0.29) is 12.0 Å². The molecule has 4 heterocycles. The maximum atomic E-state index is 10.3. The first kappa shape index (κ1) is 20.9. The molecule has 32 heavy (non-hydrogen) atoms. The number of halogens is 1. The summed E-state index contributed by atoms with van der Waals surface area (Å²) in [6, 6.07) is 5.57. The fourth-order valence-electron chi connectivity index (χ4n) is 3.64. The van der Waals surface area contributed by atoms with Gasteiger partial charge >= 0.3 is 0 Å². The lowest BCUT2D eigenvalue weighted by molar-refractivity contribution is 0.114. The molecule has 2 N–H and O–H groups in total. The lowest BCUT2D eigenvalue weighted by Gasteiger charge is -2.29. The molecule has 8 nitrogen and oxygen atoms in total. The second-order valence-corrected chi connectivity index (χ2v) is 9.15. The number of anilines is 2. The fraction of sp³-hybridized carbons (Fsp3) is 0.273. The van der Waals surface area contributed by atoms with E-state index >= 15 is 0 Å². The molecule has 0 saturated carbocycles. The van der Waals surface area contributed by atoms with Crippen molar-refractivity contribution in [3.8, 4) is 11.6 Å². The molecule has 164 valence electrons. The number of allylic oxidation sites excluding steroid dienone is 1. The van der Waals surface area contributed by atoms with Crippen LogP contribution in [0.4, 0.5) is 16.6 Å². The summed E-state index contributed by atoms with van der Waals surface area (Å²) >= 11 is 7.79. The van der Waals surface area contributed by atoms with E-state index in [9.17, 15) is 5.11 Å². The molecule has 1 aromatic carbocycles. The number of nitrogens with zero attached hydrogens (tertiary/aromatic N) is 5. The van der Waals surface area contributed by atoms with Crippen LogP contribution in [0.15, 0.2) is 35.7 Å². The molecule has 2 aliphatic heterocycles. The van der Waals surface area contributed by atoms with Crippen LogP contribution in [0.25, 0.3) is 11.6 Å². The minimum Gasteiger partial charge on any atom is -0.492 e. The van der Waals surface area contributed by atoms with Crippen LogP contribution >= 0.6 is 22.9 Å². The summed E-state index contributed by atoms with van der Waals surface area (Å²) in [7, 11) is 2.13. The maximum Gasteiger partial charge on any atom is 0.231 e. The third kappa shape index (κ3) is 4.45. The Kier molecular flexibility index (Phi) is 5.77. The van der Waals surface area contributed by atoms with Crippen molar-refractivity contribution in [3.05, 3.63) is 46.2 Å². The second-order valence-electron chi connectivity index (χ2n) is 7.71. The van der Waals surface area contributed by atoms with Gasteiger partial charge in [-0.2, -0.15) is 4.98 Å². The number of piperidine rings is 1. The fourth-order valence-corrected chi connectivity index (χ4v) is 4.68. The highest BCUT2D eigenvalue weighted by Crippen LogP contribution is 2.37. The largest absolute Gasteiger partial charge is 0.492 e. The predicted octanol–water partition coefficient (Wildman–Crippen LogP) is 4.77. The number of aromatic hydroxyl groups is 1. The zero-order valence-corrected chi connectivity index (χ0v) is 18.9. The van der Waals surface area contributed by atoms with Gasteiger partial charge in [-0.15, -0.1) is 0 Å². The maximum absolute atomic E-state index is 10.3. The predicted molar refractivity (Wildman–Crippen MR) is 128 cm³/mol. The highest BCUT2D eigenvalue weighted by molar-refractivity contribution is 7.16. The Bertz CT molecular complexity index is 1200. The van der Waals surface area contributed by atoms with Crippen LogP contribution < -0.4 is 10.1 Å². The molecule has 2 aromatic heterocycles. The van der Waals surface area contributed by atoms with E-state index in [0.717, 1.165) is 42.8 Å². The summed E-state index contributed by atoms with van der Waals surface area (Å²) in [6.45, 7) is 2.07. The number of rotatable bonds is 5. The second kappa shape index (κ2) is 8.85. The normalized spacial score (nSPS) is 17.6. The first-order chi connectivity index (χ1) is 15.5. The first-order valence-electron chi connectivity index (χ1n) is 10.2. The molecule has 0 unspecified atom stereocenters. The molecule has 0 bridgehead atoms. The molecule has 1 saturated heterocycles. The van der Waals surface area contributed by atoms with Crippen molar-refractivity contribution in [1.82, 2.24) is 19.9 Å². The van der Waals surface area contributed by atoms with Crippen LogP contribution in [-0.4, -0.2) is 57.4 Å². The summed E-state index contributed by atoms with van der Waals surface area (Å²) in [6.07, 6.45) is 8.90. The third-order valence-electron chi connectivity index (χ3n) is 5.40. The number of likely N-dealkylation sites (tertiary alicyclic amines) is 1. The number of nitrogens with one attached hydrogen (secondary N) is 1. The molecule has 0 aliphatic carbocycles. The third-order valence-corrected chi connectivity index (χ3v) is 6.62. The van der Waals surface area contributed by atoms with E-state index in [1.165, 1.54) is 17.7 Å². The lowest BCUT2D eigenvalue weighted by Crippen LogP contribution is -2.35. The molecule has 1 fully saturated rings. The first-order valence-corrected chi connectivity index (χ1v) is 11.4. The van der Waals surface area contributed by atoms with Gasteiger partial charge in [0, 0.05) is 42.7 Å². The highest BCUT2D eigenvalue weighted by atomic mass is 35.5. The number of aliphatic imine (C=N–C) groups is 1. The van der Waals surface area contributed by atoms with Gasteiger partial charge in [0.1, 0.15) is 18.2 Å². The standard InChI is InChI=1S/C22H21ClN6O2S/c1-29-6-4-14(5-7-29)31-15-2-3-18(17(23)9-15)27-22-28-21(30)19(32-22)8-13-10-25-20-16(13)11-24-12-26-20/h2-3,8-12,14,30H,4-7H2,1H3,(H,27,28)/b13-8+. The van der Waals surface area contributed by atoms with Crippen LogP contribution in [0.3, 0.4) is 0 Å². The van der Waals surface area contributed by atoms with E-state index in [1.54, 1.807) is 12.4 Å². The Labute approximate surface area is 194 Å². The van der Waals surface area contributed by atoms with Crippen molar-refractivity contribution < 1.29 is 9.84 Å². The number of fused-ring (bicyclic) bond motifs is 1. The number of hydrogen-bond acceptors (Lipinski definition) is 9. The van der Waals surface area contributed by atoms with Gasteiger partial charge in [0.25, 0.3) is 0 Å². The molecule has 3 aromatic rings. The van der Waals surface area contributed by atoms with Gasteiger partial charge in [-0.05, 0) is 38.1 Å². The SMILES string of the molecule is CN1CCC(Oc2ccc(Nc3nc(O)c(/C=C4\C=Nc5ncncc54)s3)c(Cl)c2)CC1. The topological polar surface area (TPSA) is 95.8 Å². The molecule has 10 heteroatoms. The van der Waals surface area contributed by atoms with E-state index in [2.05, 4.69) is 37.2 Å². The lowest BCUT2D eigenvalue weighted by atomic mass is 10.1. The minimum absolute atomic E-state index is 0.0676. The number of hydrogen-bond donors (Lipinski definition) is 2. The van der Waals surface area contributed by atoms with Crippen molar-refractivity contribution in [2.45, 2.75) is 18.9 Å². The van der Waals surface area contributed by atoms with Gasteiger partial charge in [-0.25, -0.2) is 15.0 Å².